The second kappa shape index (κ2) is 6.62. The zero-order valence-corrected chi connectivity index (χ0v) is 13.4. The molecule has 0 unspecified atom stereocenters. The number of nitrogens with zero attached hydrogens (tertiary/aromatic N) is 4. The first-order valence-corrected chi connectivity index (χ1v) is 7.66. The molecule has 0 aliphatic carbocycles. The maximum absolute atomic E-state index is 5.52. The van der Waals surface area contributed by atoms with Gasteiger partial charge in [-0.15, -0.1) is 5.10 Å². The molecule has 0 aliphatic heterocycles. The Labute approximate surface area is 134 Å². The van der Waals surface area contributed by atoms with E-state index in [4.69, 9.17) is 5.73 Å². The fourth-order valence-corrected chi connectivity index (χ4v) is 2.48. The smallest absolute Gasteiger partial charge is 0.247 e. The van der Waals surface area contributed by atoms with Crippen molar-refractivity contribution in [2.24, 2.45) is 5.73 Å². The van der Waals surface area contributed by atoms with Gasteiger partial charge in [0, 0.05) is 24.6 Å². The third-order valence-electron chi connectivity index (χ3n) is 3.41. The van der Waals surface area contributed by atoms with Gasteiger partial charge in [0.05, 0.1) is 0 Å². The number of nitrogens with two attached hydrogens (primary N) is 1. The largest absolute Gasteiger partial charge is 0.367 e. The minimum atomic E-state index is 0.546. The van der Waals surface area contributed by atoms with Crippen LogP contribution in [0.3, 0.4) is 0 Å². The van der Waals surface area contributed by atoms with Gasteiger partial charge >= 0.3 is 0 Å². The van der Waals surface area contributed by atoms with Gasteiger partial charge in [-0.2, -0.15) is 4.98 Å². The third-order valence-corrected chi connectivity index (χ3v) is 3.41. The molecule has 4 N–H and O–H groups in total. The van der Waals surface area contributed by atoms with Gasteiger partial charge < -0.3 is 16.4 Å². The van der Waals surface area contributed by atoms with Crippen molar-refractivity contribution in [3.05, 3.63) is 41.7 Å². The lowest BCUT2D eigenvalue weighted by molar-refractivity contribution is 0.866. The van der Waals surface area contributed by atoms with Crippen molar-refractivity contribution in [3.8, 4) is 0 Å². The van der Waals surface area contributed by atoms with Crippen LogP contribution in [0, 0.1) is 13.8 Å². The second-order valence-electron chi connectivity index (χ2n) is 5.55. The third kappa shape index (κ3) is 3.57. The second-order valence-corrected chi connectivity index (χ2v) is 5.55. The standard InChI is InChI=1S/C16H21N7/c1-11-8-12(2)10-13(9-11)20-16-21-15-14(18-5-3-4-17)19-6-7-23(15)22-16/h6-10H,3-5,17H2,1-2H3,(H,18,19)(H,20,22). The molecule has 0 spiro atoms. The summed E-state index contributed by atoms with van der Waals surface area (Å²) in [4.78, 5) is 8.85. The van der Waals surface area contributed by atoms with E-state index in [-0.39, 0.29) is 0 Å². The fraction of sp³-hybridized carbons (Fsp3) is 0.312. The number of aryl methyl sites for hydroxylation is 2. The summed E-state index contributed by atoms with van der Waals surface area (Å²) < 4.78 is 1.71. The Morgan fingerprint density at radius 1 is 1.17 bits per heavy atom. The highest BCUT2D eigenvalue weighted by Crippen LogP contribution is 2.19. The highest BCUT2D eigenvalue weighted by Gasteiger charge is 2.09. The molecule has 0 atom stereocenters. The number of fused-ring (bicyclic) bond motifs is 1. The molecule has 7 heteroatoms. The van der Waals surface area contributed by atoms with E-state index in [0.717, 1.165) is 18.7 Å². The highest BCUT2D eigenvalue weighted by atomic mass is 15.4. The molecule has 3 aromatic rings. The molecular weight excluding hydrogens is 290 g/mol. The van der Waals surface area contributed by atoms with Crippen LogP contribution in [0.4, 0.5) is 17.5 Å². The quantitative estimate of drug-likeness (QED) is 0.605. The Bertz CT molecular complexity index is 789. The number of rotatable bonds is 6. The zero-order valence-electron chi connectivity index (χ0n) is 13.4. The van der Waals surface area contributed by atoms with Gasteiger partial charge in [-0.1, -0.05) is 6.07 Å². The average molecular weight is 311 g/mol. The van der Waals surface area contributed by atoms with E-state index in [9.17, 15) is 0 Å². The number of benzene rings is 1. The molecule has 120 valence electrons. The van der Waals surface area contributed by atoms with Crippen molar-refractivity contribution in [1.82, 2.24) is 19.6 Å². The molecular formula is C16H21N7. The molecule has 0 aliphatic rings. The Kier molecular flexibility index (Phi) is 4.38. The summed E-state index contributed by atoms with van der Waals surface area (Å²) in [6, 6.07) is 6.26. The molecule has 0 radical (unpaired) electrons. The summed E-state index contributed by atoms with van der Waals surface area (Å²) in [5, 5.41) is 10.9. The fourth-order valence-electron chi connectivity index (χ4n) is 2.48. The summed E-state index contributed by atoms with van der Waals surface area (Å²) in [5.41, 5.74) is 9.58. The number of nitrogens with one attached hydrogen (secondary N) is 2. The van der Waals surface area contributed by atoms with Gasteiger partial charge in [0.25, 0.3) is 0 Å². The molecule has 2 heterocycles. The van der Waals surface area contributed by atoms with Gasteiger partial charge in [0.2, 0.25) is 5.95 Å². The first-order valence-electron chi connectivity index (χ1n) is 7.66. The van der Waals surface area contributed by atoms with Crippen LogP contribution in [0.2, 0.25) is 0 Å². The van der Waals surface area contributed by atoms with E-state index >= 15 is 0 Å². The van der Waals surface area contributed by atoms with E-state index < -0.39 is 0 Å². The van der Waals surface area contributed by atoms with Crippen molar-refractivity contribution in [1.29, 1.82) is 0 Å². The molecule has 3 rings (SSSR count). The first-order chi connectivity index (χ1) is 11.2. The summed E-state index contributed by atoms with van der Waals surface area (Å²) >= 11 is 0. The lowest BCUT2D eigenvalue weighted by Gasteiger charge is -2.04. The summed E-state index contributed by atoms with van der Waals surface area (Å²) in [5.74, 6) is 1.26. The van der Waals surface area contributed by atoms with Crippen molar-refractivity contribution < 1.29 is 0 Å². The van der Waals surface area contributed by atoms with Crippen LogP contribution in [0.25, 0.3) is 5.65 Å². The van der Waals surface area contributed by atoms with E-state index in [0.29, 0.717) is 24.0 Å². The Hall–Kier alpha value is -2.67. The van der Waals surface area contributed by atoms with Crippen LogP contribution in [-0.4, -0.2) is 32.7 Å². The predicted molar refractivity (Wildman–Crippen MR) is 92.1 cm³/mol. The van der Waals surface area contributed by atoms with Gasteiger partial charge in [-0.05, 0) is 50.1 Å². The lowest BCUT2D eigenvalue weighted by Crippen LogP contribution is -2.10. The van der Waals surface area contributed by atoms with Crippen molar-refractivity contribution >= 4 is 23.1 Å². The minimum absolute atomic E-state index is 0.546. The van der Waals surface area contributed by atoms with Crippen molar-refractivity contribution in [2.45, 2.75) is 20.3 Å². The van der Waals surface area contributed by atoms with Crippen LogP contribution in [0.1, 0.15) is 17.5 Å². The Morgan fingerprint density at radius 2 is 1.96 bits per heavy atom. The Morgan fingerprint density at radius 3 is 2.70 bits per heavy atom. The summed E-state index contributed by atoms with van der Waals surface area (Å²) in [6.45, 7) is 5.54. The monoisotopic (exact) mass is 311 g/mol. The Balaban J connectivity index is 1.86. The topological polar surface area (TPSA) is 93.2 Å². The summed E-state index contributed by atoms with van der Waals surface area (Å²) in [6.07, 6.45) is 4.36. The molecule has 2 aromatic heterocycles. The van der Waals surface area contributed by atoms with Crippen LogP contribution >= 0.6 is 0 Å². The van der Waals surface area contributed by atoms with E-state index in [1.165, 1.54) is 11.1 Å². The lowest BCUT2D eigenvalue weighted by atomic mass is 10.1. The van der Waals surface area contributed by atoms with Crippen LogP contribution < -0.4 is 16.4 Å². The van der Waals surface area contributed by atoms with E-state index in [1.54, 1.807) is 16.9 Å². The number of aromatic nitrogens is 4. The van der Waals surface area contributed by atoms with Crippen LogP contribution in [-0.2, 0) is 0 Å². The van der Waals surface area contributed by atoms with Gasteiger partial charge in [-0.3, -0.25) is 0 Å². The van der Waals surface area contributed by atoms with Crippen molar-refractivity contribution in [3.63, 3.8) is 0 Å². The average Bonchev–Trinajstić information content (AvgIpc) is 2.89. The molecule has 0 fully saturated rings. The highest BCUT2D eigenvalue weighted by molar-refractivity contribution is 5.65. The normalized spacial score (nSPS) is 10.9. The maximum Gasteiger partial charge on any atom is 0.247 e. The maximum atomic E-state index is 5.52. The molecule has 0 amide bonds. The minimum Gasteiger partial charge on any atom is -0.367 e. The van der Waals surface area contributed by atoms with Crippen LogP contribution in [0.15, 0.2) is 30.6 Å². The zero-order chi connectivity index (χ0) is 16.2. The van der Waals surface area contributed by atoms with Crippen LogP contribution in [0.5, 0.6) is 0 Å². The molecule has 1 aromatic carbocycles. The van der Waals surface area contributed by atoms with Gasteiger partial charge in [-0.25, -0.2) is 9.50 Å². The number of hydrogen-bond acceptors (Lipinski definition) is 6. The molecule has 0 bridgehead atoms. The van der Waals surface area contributed by atoms with Gasteiger partial charge in [0.15, 0.2) is 11.5 Å². The molecule has 0 saturated heterocycles. The molecule has 7 nitrogen and oxygen atoms in total. The number of anilines is 3. The SMILES string of the molecule is Cc1cc(C)cc(Nc2nc3c(NCCCN)nccn3n2)c1. The summed E-state index contributed by atoms with van der Waals surface area (Å²) in [7, 11) is 0. The number of hydrogen-bond donors (Lipinski definition) is 3. The molecule has 0 saturated carbocycles. The van der Waals surface area contributed by atoms with E-state index in [2.05, 4.69) is 57.7 Å². The van der Waals surface area contributed by atoms with Crippen molar-refractivity contribution in [2.75, 3.05) is 23.7 Å². The predicted octanol–water partition coefficient (Wildman–Crippen LogP) is 2.25. The van der Waals surface area contributed by atoms with E-state index in [1.807, 2.05) is 0 Å². The van der Waals surface area contributed by atoms with Gasteiger partial charge in [0.1, 0.15) is 0 Å². The molecule has 23 heavy (non-hydrogen) atoms. The first kappa shape index (κ1) is 15.2.